The molecule has 0 unspecified atom stereocenters. The molecule has 2 aromatic carbocycles. The number of hydrogen-bond donors (Lipinski definition) is 0. The first-order valence-electron chi connectivity index (χ1n) is 5.75. The van der Waals surface area contributed by atoms with Gasteiger partial charge in [-0.05, 0) is 35.6 Å². The lowest BCUT2D eigenvalue weighted by atomic mass is 10.0. The molecule has 2 aromatic rings. The maximum absolute atomic E-state index is 4.82. The molecule has 0 N–H and O–H groups in total. The summed E-state index contributed by atoms with van der Waals surface area (Å²) in [5.74, 6) is 0. The Labute approximate surface area is 97.1 Å². The van der Waals surface area contributed by atoms with Gasteiger partial charge in [-0.1, -0.05) is 42.5 Å². The highest BCUT2D eigenvalue weighted by molar-refractivity contribution is 5.85. The molecule has 0 aliphatic carbocycles. The molecule has 1 heteroatoms. The van der Waals surface area contributed by atoms with Crippen molar-refractivity contribution >= 4 is 10.8 Å². The van der Waals surface area contributed by atoms with Gasteiger partial charge in [0.1, 0.15) is 0 Å². The van der Waals surface area contributed by atoms with Crippen LogP contribution in [0, 0.1) is 7.11 Å². The second-order valence-electron chi connectivity index (χ2n) is 4.00. The Morgan fingerprint density at radius 1 is 0.938 bits per heavy atom. The fourth-order valence-corrected chi connectivity index (χ4v) is 2.03. The molecule has 0 fully saturated rings. The smallest absolute Gasteiger partial charge is 0.0700 e. The number of rotatable bonds is 5. The maximum Gasteiger partial charge on any atom is 0.0700 e. The first-order chi connectivity index (χ1) is 7.92. The van der Waals surface area contributed by atoms with Crippen molar-refractivity contribution in [2.75, 3.05) is 6.61 Å². The Balaban J connectivity index is 2.11. The minimum Gasteiger partial charge on any atom is -0.379 e. The van der Waals surface area contributed by atoms with Crippen LogP contribution in [0.1, 0.15) is 18.4 Å². The topological polar surface area (TPSA) is 9.23 Å². The molecule has 2 rings (SSSR count). The van der Waals surface area contributed by atoms with Gasteiger partial charge in [0.15, 0.2) is 0 Å². The van der Waals surface area contributed by atoms with Gasteiger partial charge in [0.05, 0.1) is 7.11 Å². The largest absolute Gasteiger partial charge is 0.379 e. The summed E-state index contributed by atoms with van der Waals surface area (Å²) >= 11 is 0. The Hall–Kier alpha value is -1.34. The van der Waals surface area contributed by atoms with Crippen LogP contribution < -0.4 is 0 Å². The van der Waals surface area contributed by atoms with Crippen LogP contribution in [0.5, 0.6) is 0 Å². The summed E-state index contributed by atoms with van der Waals surface area (Å²) in [5, 5.41) is 2.70. The molecule has 1 nitrogen and oxygen atoms in total. The van der Waals surface area contributed by atoms with E-state index in [1.807, 2.05) is 0 Å². The third-order valence-corrected chi connectivity index (χ3v) is 2.86. The highest BCUT2D eigenvalue weighted by atomic mass is 16.5. The van der Waals surface area contributed by atoms with Crippen LogP contribution in [0.15, 0.2) is 42.5 Å². The van der Waals surface area contributed by atoms with Crippen molar-refractivity contribution in [2.45, 2.75) is 19.3 Å². The van der Waals surface area contributed by atoms with Crippen LogP contribution >= 0.6 is 0 Å². The third-order valence-electron chi connectivity index (χ3n) is 2.86. The molecule has 0 atom stereocenters. The first-order valence-corrected chi connectivity index (χ1v) is 5.75. The van der Waals surface area contributed by atoms with Crippen LogP contribution in [0.2, 0.25) is 0 Å². The monoisotopic (exact) mass is 213 g/mol. The van der Waals surface area contributed by atoms with E-state index in [4.69, 9.17) is 4.74 Å². The number of ether oxygens (including phenoxy) is 1. The molecule has 0 amide bonds. The van der Waals surface area contributed by atoms with Crippen molar-refractivity contribution in [3.8, 4) is 0 Å². The summed E-state index contributed by atoms with van der Waals surface area (Å²) in [6, 6.07) is 15.1. The number of hydrogen-bond acceptors (Lipinski definition) is 1. The molecule has 0 spiro atoms. The van der Waals surface area contributed by atoms with Crippen molar-refractivity contribution in [3.63, 3.8) is 0 Å². The zero-order chi connectivity index (χ0) is 11.2. The van der Waals surface area contributed by atoms with Crippen molar-refractivity contribution in [3.05, 3.63) is 55.1 Å². The second kappa shape index (κ2) is 5.66. The molecule has 83 valence electrons. The summed E-state index contributed by atoms with van der Waals surface area (Å²) in [6.45, 7) is 0.755. The van der Waals surface area contributed by atoms with Gasteiger partial charge in [0.25, 0.3) is 0 Å². The van der Waals surface area contributed by atoms with E-state index in [0.717, 1.165) is 25.9 Å². The minimum atomic E-state index is 0.755. The highest BCUT2D eigenvalue weighted by Crippen LogP contribution is 2.19. The second-order valence-corrected chi connectivity index (χ2v) is 4.00. The molecule has 0 saturated carbocycles. The SMILES string of the molecule is [CH2]OCCCCc1cccc2ccccc12. The van der Waals surface area contributed by atoms with Crippen molar-refractivity contribution in [2.24, 2.45) is 0 Å². The first kappa shape index (κ1) is 11.2. The Kier molecular flexibility index (Phi) is 3.95. The molecule has 16 heavy (non-hydrogen) atoms. The van der Waals surface area contributed by atoms with E-state index in [1.165, 1.54) is 16.3 Å². The quantitative estimate of drug-likeness (QED) is 0.683. The predicted octanol–water partition coefficient (Wildman–Crippen LogP) is 3.97. The van der Waals surface area contributed by atoms with Crippen molar-refractivity contribution < 1.29 is 4.74 Å². The van der Waals surface area contributed by atoms with E-state index in [9.17, 15) is 0 Å². The molecule has 0 aliphatic rings. The zero-order valence-corrected chi connectivity index (χ0v) is 9.49. The standard InChI is InChI=1S/C15H17O/c1-16-12-5-4-8-14-10-6-9-13-7-2-3-11-15(13)14/h2-3,6-7,9-11H,1,4-5,8,12H2. The lowest BCUT2D eigenvalue weighted by Gasteiger charge is -2.06. The number of fused-ring (bicyclic) bond motifs is 1. The maximum atomic E-state index is 4.82. The normalized spacial score (nSPS) is 10.8. The lowest BCUT2D eigenvalue weighted by Crippen LogP contribution is -1.91. The zero-order valence-electron chi connectivity index (χ0n) is 9.49. The van der Waals surface area contributed by atoms with Gasteiger partial charge >= 0.3 is 0 Å². The van der Waals surface area contributed by atoms with E-state index in [2.05, 4.69) is 49.6 Å². The Morgan fingerprint density at radius 3 is 2.62 bits per heavy atom. The van der Waals surface area contributed by atoms with Crippen LogP contribution in [0.25, 0.3) is 10.8 Å². The lowest BCUT2D eigenvalue weighted by molar-refractivity contribution is 0.235. The molecule has 1 radical (unpaired) electrons. The van der Waals surface area contributed by atoms with E-state index >= 15 is 0 Å². The van der Waals surface area contributed by atoms with Gasteiger partial charge < -0.3 is 4.74 Å². The average molecular weight is 213 g/mol. The summed E-state index contributed by atoms with van der Waals surface area (Å²) < 4.78 is 4.82. The van der Waals surface area contributed by atoms with Crippen LogP contribution in [0.3, 0.4) is 0 Å². The van der Waals surface area contributed by atoms with Gasteiger partial charge in [-0.25, -0.2) is 0 Å². The Bertz CT molecular complexity index is 443. The van der Waals surface area contributed by atoms with Gasteiger partial charge in [0.2, 0.25) is 0 Å². The molecular weight excluding hydrogens is 196 g/mol. The third kappa shape index (κ3) is 2.61. The number of aryl methyl sites for hydroxylation is 1. The molecule has 0 saturated heterocycles. The van der Waals surface area contributed by atoms with E-state index in [1.54, 1.807) is 0 Å². The average Bonchev–Trinajstić information content (AvgIpc) is 2.35. The fraction of sp³-hybridized carbons (Fsp3) is 0.267. The van der Waals surface area contributed by atoms with Gasteiger partial charge in [-0.15, -0.1) is 0 Å². The van der Waals surface area contributed by atoms with Crippen molar-refractivity contribution in [1.29, 1.82) is 0 Å². The Morgan fingerprint density at radius 2 is 1.75 bits per heavy atom. The molecule has 0 bridgehead atoms. The van der Waals surface area contributed by atoms with E-state index < -0.39 is 0 Å². The van der Waals surface area contributed by atoms with Crippen molar-refractivity contribution in [1.82, 2.24) is 0 Å². The summed E-state index contributed by atoms with van der Waals surface area (Å²) in [7, 11) is 3.38. The molecule has 0 aromatic heterocycles. The van der Waals surface area contributed by atoms with Crippen LogP contribution in [-0.2, 0) is 11.2 Å². The van der Waals surface area contributed by atoms with E-state index in [-0.39, 0.29) is 0 Å². The predicted molar refractivity (Wildman–Crippen MR) is 68.2 cm³/mol. The van der Waals surface area contributed by atoms with Gasteiger partial charge in [-0.3, -0.25) is 0 Å². The summed E-state index contributed by atoms with van der Waals surface area (Å²) in [4.78, 5) is 0. The number of benzene rings is 2. The highest BCUT2D eigenvalue weighted by Gasteiger charge is 1.99. The minimum absolute atomic E-state index is 0.755. The van der Waals surface area contributed by atoms with Gasteiger partial charge in [-0.2, -0.15) is 0 Å². The number of unbranched alkanes of at least 4 members (excludes halogenated alkanes) is 1. The molecular formula is C15H17O. The van der Waals surface area contributed by atoms with Gasteiger partial charge in [0, 0.05) is 6.61 Å². The summed E-state index contributed by atoms with van der Waals surface area (Å²) in [6.07, 6.45) is 3.35. The molecule has 0 heterocycles. The molecule has 0 aliphatic heterocycles. The van der Waals surface area contributed by atoms with Crippen LogP contribution in [0.4, 0.5) is 0 Å². The van der Waals surface area contributed by atoms with Crippen LogP contribution in [-0.4, -0.2) is 6.61 Å². The van der Waals surface area contributed by atoms with E-state index in [0.29, 0.717) is 0 Å². The summed E-state index contributed by atoms with van der Waals surface area (Å²) in [5.41, 5.74) is 1.43. The fourth-order valence-electron chi connectivity index (χ4n) is 2.03.